The highest BCUT2D eigenvalue weighted by Gasteiger charge is 2.04. The Hall–Kier alpha value is -2.34. The van der Waals surface area contributed by atoms with Crippen LogP contribution in [-0.4, -0.2) is 0 Å². The van der Waals surface area contributed by atoms with Gasteiger partial charge in [0.05, 0.1) is 0 Å². The molecule has 0 aliphatic carbocycles. The third kappa shape index (κ3) is 2.75. The highest BCUT2D eigenvalue weighted by Crippen LogP contribution is 2.28. The van der Waals surface area contributed by atoms with Gasteiger partial charge in [-0.2, -0.15) is 0 Å². The molecule has 0 heterocycles. The van der Waals surface area contributed by atoms with Gasteiger partial charge in [0.1, 0.15) is 0 Å². The van der Waals surface area contributed by atoms with E-state index in [1.807, 2.05) is 0 Å². The molecule has 0 N–H and O–H groups in total. The maximum Gasteiger partial charge on any atom is -0.0152 e. The normalized spacial score (nSPS) is 10.6. The smallest absolute Gasteiger partial charge is 0.0152 e. The summed E-state index contributed by atoms with van der Waals surface area (Å²) in [5, 5.41) is 0. The molecule has 0 saturated carbocycles. The molecule has 0 heteroatoms. The molecular weight excluding hydrogens is 252 g/mol. The monoisotopic (exact) mass is 272 g/mol. The molecule has 0 atom stereocenters. The molecular formula is C21H20. The van der Waals surface area contributed by atoms with E-state index in [4.69, 9.17) is 0 Å². The van der Waals surface area contributed by atoms with Gasteiger partial charge in [0.15, 0.2) is 0 Å². The van der Waals surface area contributed by atoms with Crippen LogP contribution >= 0.6 is 0 Å². The molecule has 3 aromatic carbocycles. The van der Waals surface area contributed by atoms with Crippen molar-refractivity contribution in [3.8, 4) is 22.3 Å². The Morgan fingerprint density at radius 1 is 0.524 bits per heavy atom. The Morgan fingerprint density at radius 2 is 1.05 bits per heavy atom. The molecule has 0 saturated heterocycles. The summed E-state index contributed by atoms with van der Waals surface area (Å²) in [6, 6.07) is 24.0. The van der Waals surface area contributed by atoms with E-state index in [9.17, 15) is 0 Å². The molecule has 3 aromatic rings. The molecule has 0 bridgehead atoms. The first-order valence-electron chi connectivity index (χ1n) is 7.39. The molecule has 0 aliphatic heterocycles. The third-order valence-corrected chi connectivity index (χ3v) is 4.19. The Balaban J connectivity index is 1.97. The van der Waals surface area contributed by atoms with E-state index in [-0.39, 0.29) is 0 Å². The van der Waals surface area contributed by atoms with E-state index in [1.165, 1.54) is 38.9 Å². The summed E-state index contributed by atoms with van der Waals surface area (Å²) in [6.07, 6.45) is 0. The molecule has 0 aromatic heterocycles. The number of hydrogen-bond donors (Lipinski definition) is 0. The zero-order valence-electron chi connectivity index (χ0n) is 12.9. The van der Waals surface area contributed by atoms with Crippen molar-refractivity contribution in [3.63, 3.8) is 0 Å². The highest BCUT2D eigenvalue weighted by atomic mass is 14.1. The van der Waals surface area contributed by atoms with Gasteiger partial charge in [0.25, 0.3) is 0 Å². The topological polar surface area (TPSA) is 0 Å². The predicted octanol–water partition coefficient (Wildman–Crippen LogP) is 5.95. The van der Waals surface area contributed by atoms with Gasteiger partial charge in [-0.3, -0.25) is 0 Å². The maximum atomic E-state index is 2.22. The van der Waals surface area contributed by atoms with Crippen LogP contribution in [0, 0.1) is 20.8 Å². The zero-order chi connectivity index (χ0) is 14.8. The van der Waals surface area contributed by atoms with Crippen molar-refractivity contribution in [2.45, 2.75) is 20.8 Å². The van der Waals surface area contributed by atoms with E-state index >= 15 is 0 Å². The fraction of sp³-hybridized carbons (Fsp3) is 0.143. The third-order valence-electron chi connectivity index (χ3n) is 4.19. The quantitative estimate of drug-likeness (QED) is 0.541. The number of aryl methyl sites for hydroxylation is 2. The van der Waals surface area contributed by atoms with Crippen LogP contribution in [0.15, 0.2) is 66.7 Å². The molecule has 0 amide bonds. The van der Waals surface area contributed by atoms with E-state index in [1.54, 1.807) is 0 Å². The summed E-state index contributed by atoms with van der Waals surface area (Å²) in [5.41, 5.74) is 9.15. The minimum atomic E-state index is 1.27. The van der Waals surface area contributed by atoms with Crippen LogP contribution in [0.25, 0.3) is 22.3 Å². The van der Waals surface area contributed by atoms with E-state index in [0.29, 0.717) is 0 Å². The average Bonchev–Trinajstić information content (AvgIpc) is 2.51. The van der Waals surface area contributed by atoms with Gasteiger partial charge >= 0.3 is 0 Å². The second-order valence-corrected chi connectivity index (χ2v) is 5.69. The van der Waals surface area contributed by atoms with Crippen molar-refractivity contribution in [1.82, 2.24) is 0 Å². The van der Waals surface area contributed by atoms with Crippen LogP contribution in [0.3, 0.4) is 0 Å². The van der Waals surface area contributed by atoms with Gasteiger partial charge in [-0.05, 0) is 54.2 Å². The lowest BCUT2D eigenvalue weighted by atomic mass is 9.95. The minimum absolute atomic E-state index is 1.27. The van der Waals surface area contributed by atoms with Crippen molar-refractivity contribution in [2.24, 2.45) is 0 Å². The standard InChI is InChI=1S/C21H20/c1-15-7-9-18(10-8-15)19-11-13-20(14-12-19)21-6-4-5-16(2)17(21)3/h4-14H,1-3H3. The van der Waals surface area contributed by atoms with Crippen LogP contribution in [0.5, 0.6) is 0 Å². The first-order valence-corrected chi connectivity index (χ1v) is 7.39. The summed E-state index contributed by atoms with van der Waals surface area (Å²) >= 11 is 0. The van der Waals surface area contributed by atoms with Gasteiger partial charge in [-0.15, -0.1) is 0 Å². The van der Waals surface area contributed by atoms with Gasteiger partial charge in [-0.1, -0.05) is 72.3 Å². The average molecular weight is 272 g/mol. The summed E-state index contributed by atoms with van der Waals surface area (Å²) in [4.78, 5) is 0. The molecule has 0 nitrogen and oxygen atoms in total. The highest BCUT2D eigenvalue weighted by molar-refractivity contribution is 5.72. The van der Waals surface area contributed by atoms with E-state index in [2.05, 4.69) is 87.5 Å². The molecule has 0 radical (unpaired) electrons. The fourth-order valence-electron chi connectivity index (χ4n) is 2.65. The second kappa shape index (κ2) is 5.57. The summed E-state index contributed by atoms with van der Waals surface area (Å²) in [5.74, 6) is 0. The Labute approximate surface area is 127 Å². The molecule has 0 unspecified atom stereocenters. The fourth-order valence-corrected chi connectivity index (χ4v) is 2.65. The largest absolute Gasteiger partial charge is 0.0614 e. The SMILES string of the molecule is Cc1ccc(-c2ccc(-c3cccc(C)c3C)cc2)cc1. The van der Waals surface area contributed by atoms with Crippen molar-refractivity contribution in [3.05, 3.63) is 83.4 Å². The van der Waals surface area contributed by atoms with Gasteiger partial charge in [0.2, 0.25) is 0 Å². The van der Waals surface area contributed by atoms with Crippen molar-refractivity contribution in [2.75, 3.05) is 0 Å². The molecule has 104 valence electrons. The van der Waals surface area contributed by atoms with E-state index < -0.39 is 0 Å². The Kier molecular flexibility index (Phi) is 3.62. The molecule has 0 fully saturated rings. The van der Waals surface area contributed by atoms with E-state index in [0.717, 1.165) is 0 Å². The molecule has 0 aliphatic rings. The predicted molar refractivity (Wildman–Crippen MR) is 91.5 cm³/mol. The van der Waals surface area contributed by atoms with Crippen LogP contribution in [0.2, 0.25) is 0 Å². The lowest BCUT2D eigenvalue weighted by Crippen LogP contribution is -1.87. The first kappa shape index (κ1) is 13.6. The van der Waals surface area contributed by atoms with Crippen LogP contribution in [0.1, 0.15) is 16.7 Å². The maximum absolute atomic E-state index is 2.22. The van der Waals surface area contributed by atoms with Crippen molar-refractivity contribution >= 4 is 0 Å². The zero-order valence-corrected chi connectivity index (χ0v) is 12.9. The van der Waals surface area contributed by atoms with Gasteiger partial charge < -0.3 is 0 Å². The summed E-state index contributed by atoms with van der Waals surface area (Å²) in [6.45, 7) is 6.48. The van der Waals surface area contributed by atoms with Crippen LogP contribution in [-0.2, 0) is 0 Å². The van der Waals surface area contributed by atoms with Crippen molar-refractivity contribution < 1.29 is 0 Å². The van der Waals surface area contributed by atoms with Crippen LogP contribution in [0.4, 0.5) is 0 Å². The van der Waals surface area contributed by atoms with Crippen molar-refractivity contribution in [1.29, 1.82) is 0 Å². The number of benzene rings is 3. The second-order valence-electron chi connectivity index (χ2n) is 5.69. The number of rotatable bonds is 2. The van der Waals surface area contributed by atoms with Gasteiger partial charge in [0, 0.05) is 0 Å². The minimum Gasteiger partial charge on any atom is -0.0614 e. The Morgan fingerprint density at radius 3 is 1.67 bits per heavy atom. The lowest BCUT2D eigenvalue weighted by Gasteiger charge is -2.10. The molecule has 21 heavy (non-hydrogen) atoms. The molecule has 0 spiro atoms. The first-order chi connectivity index (χ1) is 10.1. The Bertz CT molecular complexity index is 747. The molecule has 3 rings (SSSR count). The lowest BCUT2D eigenvalue weighted by molar-refractivity contribution is 1.34. The van der Waals surface area contributed by atoms with Gasteiger partial charge in [-0.25, -0.2) is 0 Å². The van der Waals surface area contributed by atoms with Crippen LogP contribution < -0.4 is 0 Å². The summed E-state index contributed by atoms with van der Waals surface area (Å²) in [7, 11) is 0. The summed E-state index contributed by atoms with van der Waals surface area (Å²) < 4.78 is 0. The number of hydrogen-bond acceptors (Lipinski definition) is 0.